The zero-order valence-corrected chi connectivity index (χ0v) is 24.8. The standard InChI is InChI=1S/C24H34O4S6/c1-5-21(25)27-13-19-17(3)31-23(33-19)15-29-11-9-7-8-10-12-30-16-24-32-18(4)20(34-24)14-28-22(26)6-2/h5-6,23-24H,1-2,7-16H2,3-4H3. The van der Waals surface area contributed by atoms with E-state index in [9.17, 15) is 9.59 Å². The normalized spacial score (nSPS) is 20.1. The van der Waals surface area contributed by atoms with Crippen molar-refractivity contribution in [2.45, 2.75) is 48.7 Å². The molecule has 2 unspecified atom stereocenters. The number of hydrogen-bond donors (Lipinski definition) is 0. The van der Waals surface area contributed by atoms with E-state index in [1.807, 2.05) is 70.6 Å². The molecule has 34 heavy (non-hydrogen) atoms. The predicted octanol–water partition coefficient (Wildman–Crippen LogP) is 7.55. The Morgan fingerprint density at radius 1 is 0.765 bits per heavy atom. The van der Waals surface area contributed by atoms with Gasteiger partial charge in [0.05, 0.1) is 9.16 Å². The molecule has 0 spiro atoms. The molecule has 0 fully saturated rings. The highest BCUT2D eigenvalue weighted by atomic mass is 32.2. The van der Waals surface area contributed by atoms with Crippen LogP contribution in [0, 0.1) is 0 Å². The number of ether oxygens (including phenoxy) is 2. The second kappa shape index (κ2) is 17.5. The highest BCUT2D eigenvalue weighted by Crippen LogP contribution is 2.47. The van der Waals surface area contributed by atoms with Gasteiger partial charge in [-0.3, -0.25) is 0 Å². The maximum Gasteiger partial charge on any atom is 0.330 e. The van der Waals surface area contributed by atoms with E-state index in [-0.39, 0.29) is 11.9 Å². The highest BCUT2D eigenvalue weighted by Gasteiger charge is 2.25. The molecule has 2 aliphatic heterocycles. The van der Waals surface area contributed by atoms with E-state index in [2.05, 4.69) is 27.0 Å². The number of hydrogen-bond acceptors (Lipinski definition) is 10. The van der Waals surface area contributed by atoms with Crippen LogP contribution < -0.4 is 0 Å². The minimum absolute atomic E-state index is 0.358. The molecular weight excluding hydrogens is 545 g/mol. The van der Waals surface area contributed by atoms with Crippen molar-refractivity contribution < 1.29 is 19.1 Å². The van der Waals surface area contributed by atoms with Crippen molar-refractivity contribution in [1.29, 1.82) is 0 Å². The van der Waals surface area contributed by atoms with Crippen molar-refractivity contribution in [3.05, 3.63) is 44.9 Å². The summed E-state index contributed by atoms with van der Waals surface area (Å²) < 4.78 is 11.4. The summed E-state index contributed by atoms with van der Waals surface area (Å²) in [5.41, 5.74) is 0. The SMILES string of the molecule is C=CC(=O)OCC1=C(C)SC(CSCCCCCCSCC2SC(C)=C(COC(=O)C=C)S2)S1. The molecule has 0 aromatic heterocycles. The number of carbonyl (C=O) groups is 2. The van der Waals surface area contributed by atoms with E-state index in [1.54, 1.807) is 0 Å². The van der Waals surface area contributed by atoms with Crippen LogP contribution in [0.25, 0.3) is 0 Å². The molecule has 0 amide bonds. The van der Waals surface area contributed by atoms with E-state index in [0.29, 0.717) is 22.4 Å². The van der Waals surface area contributed by atoms with E-state index in [0.717, 1.165) is 11.5 Å². The number of thioether (sulfide) groups is 6. The molecule has 0 bridgehead atoms. The van der Waals surface area contributed by atoms with Gasteiger partial charge in [0.2, 0.25) is 0 Å². The maximum atomic E-state index is 11.2. The number of unbranched alkanes of at least 4 members (excludes halogenated alkanes) is 3. The molecule has 2 heterocycles. The first kappa shape index (κ1) is 30.2. The molecule has 0 saturated heterocycles. The van der Waals surface area contributed by atoms with Gasteiger partial charge >= 0.3 is 11.9 Å². The Bertz CT molecular complexity index is 715. The van der Waals surface area contributed by atoms with Gasteiger partial charge in [0, 0.05) is 33.5 Å². The van der Waals surface area contributed by atoms with Crippen LogP contribution in [0.3, 0.4) is 0 Å². The van der Waals surface area contributed by atoms with Crippen LogP contribution >= 0.6 is 70.6 Å². The summed E-state index contributed by atoms with van der Waals surface area (Å²) in [6, 6.07) is 0. The van der Waals surface area contributed by atoms with Crippen molar-refractivity contribution in [2.75, 3.05) is 36.2 Å². The topological polar surface area (TPSA) is 52.6 Å². The van der Waals surface area contributed by atoms with Gasteiger partial charge in [-0.1, -0.05) is 26.0 Å². The van der Waals surface area contributed by atoms with Crippen LogP contribution in [0.1, 0.15) is 39.5 Å². The Balaban J connectivity index is 1.41. The third-order valence-electron chi connectivity index (χ3n) is 4.81. The first-order valence-corrected chi connectivity index (χ1v) is 17.1. The summed E-state index contributed by atoms with van der Waals surface area (Å²) >= 11 is 11.5. The minimum atomic E-state index is -0.358. The van der Waals surface area contributed by atoms with Gasteiger partial charge in [-0.25, -0.2) is 9.59 Å². The molecule has 0 aromatic carbocycles. The molecule has 2 aliphatic rings. The average Bonchev–Trinajstić information content (AvgIpc) is 3.37. The molecule has 4 nitrogen and oxygen atoms in total. The zero-order valence-electron chi connectivity index (χ0n) is 19.9. The van der Waals surface area contributed by atoms with E-state index in [1.165, 1.54) is 69.0 Å². The number of allylic oxidation sites excluding steroid dienone is 2. The van der Waals surface area contributed by atoms with Gasteiger partial charge in [0.15, 0.2) is 0 Å². The van der Waals surface area contributed by atoms with Crippen molar-refractivity contribution >= 4 is 82.5 Å². The third-order valence-corrected chi connectivity index (χ3v) is 13.7. The Hall–Kier alpha value is -0.000000000000000222. The largest absolute Gasteiger partial charge is 0.457 e. The number of carbonyl (C=O) groups excluding carboxylic acids is 2. The van der Waals surface area contributed by atoms with Crippen LogP contribution in [0.15, 0.2) is 44.9 Å². The lowest BCUT2D eigenvalue weighted by atomic mass is 10.2. The van der Waals surface area contributed by atoms with Gasteiger partial charge in [-0.15, -0.1) is 47.0 Å². The van der Waals surface area contributed by atoms with Crippen LogP contribution in [-0.2, 0) is 19.1 Å². The molecule has 0 aliphatic carbocycles. The molecule has 0 radical (unpaired) electrons. The van der Waals surface area contributed by atoms with Crippen LogP contribution in [-0.4, -0.2) is 57.3 Å². The van der Waals surface area contributed by atoms with Crippen LogP contribution in [0.2, 0.25) is 0 Å². The fourth-order valence-electron chi connectivity index (χ4n) is 2.98. The fourth-order valence-corrected chi connectivity index (χ4v) is 11.7. The van der Waals surface area contributed by atoms with Gasteiger partial charge in [-0.2, -0.15) is 23.5 Å². The summed E-state index contributed by atoms with van der Waals surface area (Å²) in [5.74, 6) is 3.96. The maximum absolute atomic E-state index is 11.2. The monoisotopic (exact) mass is 578 g/mol. The van der Waals surface area contributed by atoms with Crippen molar-refractivity contribution in [1.82, 2.24) is 0 Å². The van der Waals surface area contributed by atoms with Crippen LogP contribution in [0.4, 0.5) is 0 Å². The molecule has 10 heteroatoms. The van der Waals surface area contributed by atoms with E-state index >= 15 is 0 Å². The summed E-state index contributed by atoms with van der Waals surface area (Å²) in [6.07, 6.45) is 7.57. The molecular formula is C24H34O4S6. The summed E-state index contributed by atoms with van der Waals surface area (Å²) in [6.45, 7) is 11.8. The molecule has 190 valence electrons. The zero-order chi connectivity index (χ0) is 24.8. The lowest BCUT2D eigenvalue weighted by Crippen LogP contribution is -2.03. The first-order valence-electron chi connectivity index (χ1n) is 11.2. The van der Waals surface area contributed by atoms with Crippen LogP contribution in [0.5, 0.6) is 0 Å². The smallest absolute Gasteiger partial charge is 0.330 e. The molecule has 0 aromatic rings. The van der Waals surface area contributed by atoms with Gasteiger partial charge in [-0.05, 0) is 48.0 Å². The van der Waals surface area contributed by atoms with Gasteiger partial charge < -0.3 is 9.47 Å². The third kappa shape index (κ3) is 11.8. The van der Waals surface area contributed by atoms with Crippen molar-refractivity contribution in [3.8, 4) is 0 Å². The van der Waals surface area contributed by atoms with Crippen molar-refractivity contribution in [2.24, 2.45) is 0 Å². The Morgan fingerprint density at radius 2 is 1.18 bits per heavy atom. The average molecular weight is 579 g/mol. The quantitative estimate of drug-likeness (QED) is 0.0982. The molecule has 2 rings (SSSR count). The Morgan fingerprint density at radius 3 is 1.56 bits per heavy atom. The minimum Gasteiger partial charge on any atom is -0.457 e. The first-order chi connectivity index (χ1) is 16.4. The number of esters is 2. The molecule has 0 saturated carbocycles. The van der Waals surface area contributed by atoms with E-state index in [4.69, 9.17) is 9.47 Å². The van der Waals surface area contributed by atoms with Crippen molar-refractivity contribution in [3.63, 3.8) is 0 Å². The van der Waals surface area contributed by atoms with Gasteiger partial charge in [0.25, 0.3) is 0 Å². The lowest BCUT2D eigenvalue weighted by Gasteiger charge is -2.10. The van der Waals surface area contributed by atoms with Gasteiger partial charge in [0.1, 0.15) is 13.2 Å². The fraction of sp³-hybridized carbons (Fsp3) is 0.583. The Labute approximate surface area is 230 Å². The predicted molar refractivity (Wildman–Crippen MR) is 159 cm³/mol. The number of rotatable bonds is 17. The second-order valence-electron chi connectivity index (χ2n) is 7.48. The molecule has 0 N–H and O–H groups in total. The summed E-state index contributed by atoms with van der Waals surface area (Å²) in [4.78, 5) is 27.4. The van der Waals surface area contributed by atoms with E-state index < -0.39 is 0 Å². The second-order valence-corrected chi connectivity index (χ2v) is 15.8. The highest BCUT2D eigenvalue weighted by molar-refractivity contribution is 8.24. The Kier molecular flexibility index (Phi) is 15.5. The molecule has 2 atom stereocenters. The summed E-state index contributed by atoms with van der Waals surface area (Å²) in [5, 5.41) is 0. The lowest BCUT2D eigenvalue weighted by molar-refractivity contribution is -0.137. The summed E-state index contributed by atoms with van der Waals surface area (Å²) in [7, 11) is 0.